The summed E-state index contributed by atoms with van der Waals surface area (Å²) in [5.41, 5.74) is 0.156. The molecule has 0 aromatic heterocycles. The largest absolute Gasteiger partial charge is 0.478 e. The number of nitrogens with one attached hydrogen (secondary N) is 2. The SMILES string of the molecule is COCCCCNC(=O)Nc1ccc(Cl)cc1C(=O)O. The standard InChI is InChI=1S/C13H17ClN2O4/c1-20-7-3-2-6-15-13(19)16-11-5-4-9(14)8-10(11)12(17)18/h4-5,8H,2-3,6-7H2,1H3,(H,17,18)(H2,15,16,19). The third-order valence-electron chi connectivity index (χ3n) is 2.52. The predicted molar refractivity (Wildman–Crippen MR) is 76.5 cm³/mol. The van der Waals surface area contributed by atoms with Crippen molar-refractivity contribution < 1.29 is 19.4 Å². The molecule has 0 aliphatic heterocycles. The molecule has 6 nitrogen and oxygen atoms in total. The van der Waals surface area contributed by atoms with Gasteiger partial charge in [-0.3, -0.25) is 0 Å². The van der Waals surface area contributed by atoms with E-state index in [0.717, 1.165) is 12.8 Å². The molecule has 20 heavy (non-hydrogen) atoms. The number of carboxylic acids is 1. The number of methoxy groups -OCH3 is 1. The Labute approximate surface area is 122 Å². The van der Waals surface area contributed by atoms with Gasteiger partial charge in [0.2, 0.25) is 0 Å². The Bertz CT molecular complexity index is 479. The summed E-state index contributed by atoms with van der Waals surface area (Å²) in [6.45, 7) is 1.13. The highest BCUT2D eigenvalue weighted by atomic mass is 35.5. The Morgan fingerprint density at radius 3 is 2.75 bits per heavy atom. The summed E-state index contributed by atoms with van der Waals surface area (Å²) < 4.78 is 4.89. The smallest absolute Gasteiger partial charge is 0.337 e. The van der Waals surface area contributed by atoms with Crippen LogP contribution in [0.1, 0.15) is 23.2 Å². The molecule has 0 aliphatic carbocycles. The first-order valence-corrected chi connectivity index (χ1v) is 6.49. The van der Waals surface area contributed by atoms with Gasteiger partial charge >= 0.3 is 12.0 Å². The number of ether oxygens (including phenoxy) is 1. The summed E-state index contributed by atoms with van der Waals surface area (Å²) in [5, 5.41) is 14.5. The lowest BCUT2D eigenvalue weighted by Crippen LogP contribution is -2.30. The molecule has 0 aliphatic rings. The molecule has 2 amide bonds. The lowest BCUT2D eigenvalue weighted by atomic mass is 10.2. The van der Waals surface area contributed by atoms with E-state index in [4.69, 9.17) is 21.4 Å². The van der Waals surface area contributed by atoms with E-state index < -0.39 is 12.0 Å². The van der Waals surface area contributed by atoms with Crippen molar-refractivity contribution in [1.29, 1.82) is 0 Å². The van der Waals surface area contributed by atoms with Crippen LogP contribution >= 0.6 is 11.6 Å². The number of unbranched alkanes of at least 4 members (excludes halogenated alkanes) is 1. The lowest BCUT2D eigenvalue weighted by molar-refractivity contribution is 0.0698. The second-order valence-electron chi connectivity index (χ2n) is 4.08. The normalized spacial score (nSPS) is 10.1. The van der Waals surface area contributed by atoms with Crippen LogP contribution in [0.5, 0.6) is 0 Å². The minimum atomic E-state index is -1.15. The van der Waals surface area contributed by atoms with Crippen molar-refractivity contribution in [2.45, 2.75) is 12.8 Å². The lowest BCUT2D eigenvalue weighted by Gasteiger charge is -2.10. The second-order valence-corrected chi connectivity index (χ2v) is 4.51. The van der Waals surface area contributed by atoms with Crippen LogP contribution in [0, 0.1) is 0 Å². The first-order chi connectivity index (χ1) is 9.54. The van der Waals surface area contributed by atoms with E-state index in [1.165, 1.54) is 18.2 Å². The summed E-state index contributed by atoms with van der Waals surface area (Å²) in [5.74, 6) is -1.15. The fourth-order valence-corrected chi connectivity index (χ4v) is 1.71. The second kappa shape index (κ2) is 8.39. The van der Waals surface area contributed by atoms with E-state index in [-0.39, 0.29) is 11.3 Å². The zero-order valence-corrected chi connectivity index (χ0v) is 11.9. The molecular formula is C13H17ClN2O4. The van der Waals surface area contributed by atoms with Crippen molar-refractivity contribution in [3.05, 3.63) is 28.8 Å². The van der Waals surface area contributed by atoms with Crippen LogP contribution < -0.4 is 10.6 Å². The van der Waals surface area contributed by atoms with Gasteiger partial charge in [0.05, 0.1) is 11.3 Å². The van der Waals surface area contributed by atoms with Crippen molar-refractivity contribution >= 4 is 29.3 Å². The molecule has 1 rings (SSSR count). The number of hydrogen-bond donors (Lipinski definition) is 3. The minimum Gasteiger partial charge on any atom is -0.478 e. The van der Waals surface area contributed by atoms with Crippen molar-refractivity contribution in [2.24, 2.45) is 0 Å². The maximum atomic E-state index is 11.6. The number of carbonyl (C=O) groups excluding carboxylic acids is 1. The van der Waals surface area contributed by atoms with Crippen molar-refractivity contribution in [3.63, 3.8) is 0 Å². The Morgan fingerprint density at radius 2 is 2.10 bits per heavy atom. The zero-order chi connectivity index (χ0) is 15.0. The third-order valence-corrected chi connectivity index (χ3v) is 2.76. The number of urea groups is 1. The molecule has 0 radical (unpaired) electrons. The number of hydrogen-bond acceptors (Lipinski definition) is 3. The summed E-state index contributed by atoms with van der Waals surface area (Å²) in [7, 11) is 1.62. The van der Waals surface area contributed by atoms with Crippen LogP contribution in [0.4, 0.5) is 10.5 Å². The monoisotopic (exact) mass is 300 g/mol. The van der Waals surface area contributed by atoms with E-state index in [2.05, 4.69) is 10.6 Å². The maximum absolute atomic E-state index is 11.6. The fraction of sp³-hybridized carbons (Fsp3) is 0.385. The fourth-order valence-electron chi connectivity index (χ4n) is 1.54. The Hall–Kier alpha value is -1.79. The van der Waals surface area contributed by atoms with Crippen LogP contribution in [0.2, 0.25) is 5.02 Å². The van der Waals surface area contributed by atoms with Gasteiger partial charge in [0.25, 0.3) is 0 Å². The Morgan fingerprint density at radius 1 is 1.35 bits per heavy atom. The average molecular weight is 301 g/mol. The van der Waals surface area contributed by atoms with Gasteiger partial charge in [-0.1, -0.05) is 11.6 Å². The van der Waals surface area contributed by atoms with Crippen LogP contribution in [0.3, 0.4) is 0 Å². The summed E-state index contributed by atoms with van der Waals surface area (Å²) in [6.07, 6.45) is 1.63. The van der Waals surface area contributed by atoms with E-state index >= 15 is 0 Å². The number of halogens is 1. The van der Waals surface area contributed by atoms with E-state index in [9.17, 15) is 9.59 Å². The molecule has 0 heterocycles. The highest BCUT2D eigenvalue weighted by molar-refractivity contribution is 6.31. The number of carbonyl (C=O) groups is 2. The van der Waals surface area contributed by atoms with Crippen molar-refractivity contribution in [3.8, 4) is 0 Å². The molecule has 7 heteroatoms. The van der Waals surface area contributed by atoms with E-state index in [1.807, 2.05) is 0 Å². The first kappa shape index (κ1) is 16.3. The molecule has 110 valence electrons. The van der Waals surface area contributed by atoms with Crippen LogP contribution in [0.25, 0.3) is 0 Å². The van der Waals surface area contributed by atoms with Crippen LogP contribution in [0.15, 0.2) is 18.2 Å². The summed E-state index contributed by atoms with van der Waals surface area (Å²) in [6, 6.07) is 3.81. The Kier molecular flexibility index (Phi) is 6.83. The number of carboxylic acid groups (broad SMARTS) is 1. The van der Waals surface area contributed by atoms with E-state index in [1.54, 1.807) is 7.11 Å². The minimum absolute atomic E-state index is 0.0490. The van der Waals surface area contributed by atoms with Gasteiger partial charge in [-0.15, -0.1) is 0 Å². The van der Waals surface area contributed by atoms with Crippen molar-refractivity contribution in [1.82, 2.24) is 5.32 Å². The maximum Gasteiger partial charge on any atom is 0.337 e. The molecule has 0 atom stereocenters. The van der Waals surface area contributed by atoms with Crippen LogP contribution in [-0.4, -0.2) is 37.4 Å². The molecule has 1 aromatic rings. The van der Waals surface area contributed by atoms with Crippen molar-refractivity contribution in [2.75, 3.05) is 25.6 Å². The summed E-state index contributed by atoms with van der Waals surface area (Å²) >= 11 is 5.73. The van der Waals surface area contributed by atoms with Gasteiger partial charge in [-0.2, -0.15) is 0 Å². The molecule has 0 bridgehead atoms. The van der Waals surface area contributed by atoms with Gasteiger partial charge in [0.1, 0.15) is 0 Å². The molecule has 3 N–H and O–H groups in total. The molecule has 0 saturated carbocycles. The highest BCUT2D eigenvalue weighted by Crippen LogP contribution is 2.20. The summed E-state index contributed by atoms with van der Waals surface area (Å²) in [4.78, 5) is 22.7. The zero-order valence-electron chi connectivity index (χ0n) is 11.1. The number of aromatic carboxylic acids is 1. The molecule has 1 aromatic carbocycles. The average Bonchev–Trinajstić information content (AvgIpc) is 2.40. The number of anilines is 1. The third kappa shape index (κ3) is 5.46. The molecule has 0 saturated heterocycles. The number of rotatable bonds is 7. The molecular weight excluding hydrogens is 284 g/mol. The Balaban J connectivity index is 2.51. The van der Waals surface area contributed by atoms with Gasteiger partial charge in [-0.05, 0) is 31.0 Å². The van der Waals surface area contributed by atoms with Crippen LogP contribution in [-0.2, 0) is 4.74 Å². The quantitative estimate of drug-likeness (QED) is 0.675. The molecule has 0 spiro atoms. The van der Waals surface area contributed by atoms with Gasteiger partial charge in [-0.25, -0.2) is 9.59 Å². The van der Waals surface area contributed by atoms with Gasteiger partial charge < -0.3 is 20.5 Å². The molecule has 0 fully saturated rings. The predicted octanol–water partition coefficient (Wildman–Crippen LogP) is 2.59. The van der Waals surface area contributed by atoms with E-state index in [0.29, 0.717) is 18.2 Å². The number of amides is 2. The topological polar surface area (TPSA) is 87.7 Å². The highest BCUT2D eigenvalue weighted by Gasteiger charge is 2.12. The molecule has 0 unspecified atom stereocenters. The number of benzene rings is 1. The first-order valence-electron chi connectivity index (χ1n) is 6.11. The van der Waals surface area contributed by atoms with Gasteiger partial charge in [0.15, 0.2) is 0 Å². The van der Waals surface area contributed by atoms with Gasteiger partial charge in [0, 0.05) is 25.3 Å².